The summed E-state index contributed by atoms with van der Waals surface area (Å²) in [6, 6.07) is 6.05. The van der Waals surface area contributed by atoms with E-state index in [0.29, 0.717) is 12.6 Å². The molecule has 1 aromatic carbocycles. The van der Waals surface area contributed by atoms with E-state index in [0.717, 1.165) is 65.6 Å². The molecule has 1 fully saturated rings. The largest absolute Gasteiger partial charge is 0.495 e. The van der Waals surface area contributed by atoms with Crippen LogP contribution < -0.4 is 20.3 Å². The highest BCUT2D eigenvalue weighted by Gasteiger charge is 2.25. The molecule has 28 heavy (non-hydrogen) atoms. The fourth-order valence-electron chi connectivity index (χ4n) is 3.26. The lowest BCUT2D eigenvalue weighted by molar-refractivity contribution is 0.415. The smallest absolute Gasteiger partial charge is 0.191 e. The lowest BCUT2D eigenvalue weighted by Gasteiger charge is -2.22. The summed E-state index contributed by atoms with van der Waals surface area (Å²) < 4.78 is 5.50. The number of aryl methyl sites for hydroxylation is 1. The van der Waals surface area contributed by atoms with Crippen LogP contribution in [0.15, 0.2) is 28.6 Å². The molecule has 152 valence electrons. The number of guanidine groups is 1. The number of anilines is 1. The minimum absolute atomic E-state index is 0.308. The Morgan fingerprint density at radius 2 is 2.29 bits per heavy atom. The summed E-state index contributed by atoms with van der Waals surface area (Å²) in [4.78, 5) is 11.6. The number of aliphatic imine (C=N–C) groups is 1. The molecule has 2 aromatic rings. The van der Waals surface area contributed by atoms with Crippen LogP contribution in [-0.4, -0.2) is 43.7 Å². The van der Waals surface area contributed by atoms with E-state index in [-0.39, 0.29) is 0 Å². The lowest BCUT2D eigenvalue weighted by Crippen LogP contribution is -2.44. The van der Waals surface area contributed by atoms with Crippen LogP contribution in [-0.2, 0) is 13.0 Å². The molecule has 2 heterocycles. The van der Waals surface area contributed by atoms with Crippen LogP contribution in [0.5, 0.6) is 5.75 Å². The molecule has 1 aromatic heterocycles. The van der Waals surface area contributed by atoms with Gasteiger partial charge in [-0.3, -0.25) is 0 Å². The maximum atomic E-state index is 6.19. The Labute approximate surface area is 176 Å². The molecule has 0 saturated carbocycles. The average molecular weight is 422 g/mol. The van der Waals surface area contributed by atoms with Crippen molar-refractivity contribution in [3.8, 4) is 5.75 Å². The zero-order valence-electron chi connectivity index (χ0n) is 16.7. The SMILES string of the molecule is CCNC(=NCc1csc(CC)n1)NC1CCN(c2cc(Cl)ccc2OC)C1. The molecule has 1 atom stereocenters. The van der Waals surface area contributed by atoms with E-state index in [1.165, 1.54) is 0 Å². The van der Waals surface area contributed by atoms with E-state index < -0.39 is 0 Å². The highest BCUT2D eigenvalue weighted by atomic mass is 35.5. The van der Waals surface area contributed by atoms with Crippen molar-refractivity contribution in [1.29, 1.82) is 0 Å². The number of hydrogen-bond donors (Lipinski definition) is 2. The van der Waals surface area contributed by atoms with E-state index in [4.69, 9.17) is 21.3 Å². The molecular formula is C20H28ClN5OS. The van der Waals surface area contributed by atoms with Crippen molar-refractivity contribution in [3.05, 3.63) is 39.3 Å². The van der Waals surface area contributed by atoms with Crippen molar-refractivity contribution >= 4 is 34.6 Å². The van der Waals surface area contributed by atoms with Crippen molar-refractivity contribution in [2.24, 2.45) is 4.99 Å². The van der Waals surface area contributed by atoms with Gasteiger partial charge in [-0.25, -0.2) is 9.98 Å². The molecule has 0 radical (unpaired) electrons. The summed E-state index contributed by atoms with van der Waals surface area (Å²) in [6.07, 6.45) is 1.99. The van der Waals surface area contributed by atoms with Gasteiger partial charge in [0.2, 0.25) is 0 Å². The third-order valence-corrected chi connectivity index (χ3v) is 5.93. The van der Waals surface area contributed by atoms with E-state index in [9.17, 15) is 0 Å². The van der Waals surface area contributed by atoms with Gasteiger partial charge >= 0.3 is 0 Å². The highest BCUT2D eigenvalue weighted by molar-refractivity contribution is 7.09. The summed E-state index contributed by atoms with van der Waals surface area (Å²) in [6.45, 7) is 7.43. The maximum absolute atomic E-state index is 6.19. The number of aromatic nitrogens is 1. The third-order valence-electron chi connectivity index (χ3n) is 4.66. The molecule has 1 aliphatic heterocycles. The summed E-state index contributed by atoms with van der Waals surface area (Å²) in [5.41, 5.74) is 2.06. The van der Waals surface area contributed by atoms with Gasteiger partial charge in [0.15, 0.2) is 5.96 Å². The molecule has 3 rings (SSSR count). The maximum Gasteiger partial charge on any atom is 0.191 e. The first-order chi connectivity index (χ1) is 13.6. The van der Waals surface area contributed by atoms with Gasteiger partial charge in [-0.05, 0) is 38.0 Å². The minimum atomic E-state index is 0.308. The van der Waals surface area contributed by atoms with E-state index >= 15 is 0 Å². The van der Waals surface area contributed by atoms with Gasteiger partial charge in [0.25, 0.3) is 0 Å². The van der Waals surface area contributed by atoms with Gasteiger partial charge in [0.1, 0.15) is 5.75 Å². The van der Waals surface area contributed by atoms with Crippen molar-refractivity contribution in [1.82, 2.24) is 15.6 Å². The van der Waals surface area contributed by atoms with Crippen LogP contribution in [0, 0.1) is 0 Å². The molecule has 8 heteroatoms. The van der Waals surface area contributed by atoms with Crippen LogP contribution in [0.2, 0.25) is 5.02 Å². The Hall–Kier alpha value is -1.99. The predicted octanol–water partition coefficient (Wildman–Crippen LogP) is 3.70. The quantitative estimate of drug-likeness (QED) is 0.527. The van der Waals surface area contributed by atoms with Crippen LogP contribution in [0.3, 0.4) is 0 Å². The monoisotopic (exact) mass is 421 g/mol. The van der Waals surface area contributed by atoms with Crippen LogP contribution in [0.4, 0.5) is 5.69 Å². The summed E-state index contributed by atoms with van der Waals surface area (Å²) in [5.74, 6) is 1.68. The topological polar surface area (TPSA) is 61.8 Å². The second kappa shape index (κ2) is 9.98. The van der Waals surface area contributed by atoms with Crippen molar-refractivity contribution in [2.75, 3.05) is 31.6 Å². The molecule has 0 amide bonds. The zero-order valence-corrected chi connectivity index (χ0v) is 18.2. The van der Waals surface area contributed by atoms with Crippen molar-refractivity contribution in [3.63, 3.8) is 0 Å². The molecule has 2 N–H and O–H groups in total. The first-order valence-electron chi connectivity index (χ1n) is 9.69. The Bertz CT molecular complexity index is 810. The van der Waals surface area contributed by atoms with Gasteiger partial charge in [0.05, 0.1) is 30.0 Å². The number of thiazole rings is 1. The first-order valence-corrected chi connectivity index (χ1v) is 10.9. The number of rotatable bonds is 7. The number of halogens is 1. The fraction of sp³-hybridized carbons (Fsp3) is 0.500. The second-order valence-corrected chi connectivity index (χ2v) is 8.05. The minimum Gasteiger partial charge on any atom is -0.495 e. The first kappa shape index (κ1) is 20.7. The summed E-state index contributed by atoms with van der Waals surface area (Å²) in [5, 5.41) is 10.9. The molecule has 1 unspecified atom stereocenters. The van der Waals surface area contributed by atoms with E-state index in [1.54, 1.807) is 18.4 Å². The van der Waals surface area contributed by atoms with Crippen LogP contribution >= 0.6 is 22.9 Å². The third kappa shape index (κ3) is 5.29. The Morgan fingerprint density at radius 3 is 3.00 bits per heavy atom. The molecule has 6 nitrogen and oxygen atoms in total. The highest BCUT2D eigenvalue weighted by Crippen LogP contribution is 2.33. The number of hydrogen-bond acceptors (Lipinski definition) is 5. The molecule has 1 aliphatic rings. The number of benzene rings is 1. The standard InChI is InChI=1S/C20H28ClN5OS/c1-4-19-24-16(13-28-19)11-23-20(22-5-2)25-15-8-9-26(12-15)17-10-14(21)6-7-18(17)27-3/h6-7,10,13,15H,4-5,8-9,11-12H2,1-3H3,(H2,22,23,25). The Balaban J connectivity index is 1.63. The molecule has 0 aliphatic carbocycles. The van der Waals surface area contributed by atoms with Gasteiger partial charge in [-0.2, -0.15) is 0 Å². The summed E-state index contributed by atoms with van der Waals surface area (Å²) in [7, 11) is 1.69. The number of nitrogens with zero attached hydrogens (tertiary/aromatic N) is 3. The van der Waals surface area contributed by atoms with Crippen LogP contribution in [0.25, 0.3) is 0 Å². The average Bonchev–Trinajstić information content (AvgIpc) is 3.35. The van der Waals surface area contributed by atoms with Crippen molar-refractivity contribution < 1.29 is 4.74 Å². The molecule has 0 bridgehead atoms. The number of ether oxygens (including phenoxy) is 1. The molecule has 0 spiro atoms. The normalized spacial score (nSPS) is 17.1. The van der Waals surface area contributed by atoms with Gasteiger partial charge < -0.3 is 20.3 Å². The van der Waals surface area contributed by atoms with Crippen LogP contribution in [0.1, 0.15) is 31.0 Å². The zero-order chi connectivity index (χ0) is 19.9. The van der Waals surface area contributed by atoms with E-state index in [2.05, 4.69) is 39.7 Å². The molecule has 1 saturated heterocycles. The molecular weight excluding hydrogens is 394 g/mol. The lowest BCUT2D eigenvalue weighted by atomic mass is 10.2. The van der Waals surface area contributed by atoms with Gasteiger partial charge in [-0.15, -0.1) is 11.3 Å². The Morgan fingerprint density at radius 1 is 1.43 bits per heavy atom. The van der Waals surface area contributed by atoms with Gasteiger partial charge in [-0.1, -0.05) is 18.5 Å². The Kier molecular flexibility index (Phi) is 7.39. The van der Waals surface area contributed by atoms with E-state index in [1.807, 2.05) is 18.2 Å². The number of nitrogens with one attached hydrogen (secondary N) is 2. The fourth-order valence-corrected chi connectivity index (χ4v) is 4.17. The van der Waals surface area contributed by atoms with Crippen molar-refractivity contribution in [2.45, 2.75) is 39.3 Å². The second-order valence-electron chi connectivity index (χ2n) is 6.67. The predicted molar refractivity (Wildman–Crippen MR) is 118 cm³/mol. The number of methoxy groups -OCH3 is 1. The summed E-state index contributed by atoms with van der Waals surface area (Å²) >= 11 is 7.89. The van der Waals surface area contributed by atoms with Gasteiger partial charge in [0, 0.05) is 36.1 Å².